The molecule has 0 aliphatic carbocycles. The summed E-state index contributed by atoms with van der Waals surface area (Å²) < 4.78 is 124. The Hall–Kier alpha value is -3.58. The Kier molecular flexibility index (Phi) is 49.2. The first kappa shape index (κ1) is 86.5. The minimum absolute atomic E-state index is 0.00437. The van der Waals surface area contributed by atoms with Gasteiger partial charge in [-0.2, -0.15) is 23.5 Å². The molecule has 0 atom stereocenters. The van der Waals surface area contributed by atoms with E-state index in [4.69, 9.17) is 71.4 Å². The van der Waals surface area contributed by atoms with Gasteiger partial charge in [-0.05, 0) is 90.0 Å². The van der Waals surface area contributed by atoms with Crippen molar-refractivity contribution in [2.45, 2.75) is 125 Å². The smallest absolute Gasteiger partial charge is 0.407 e. The number of aliphatic carboxylic acids is 1. The number of rotatable bonds is 50. The fourth-order valence-electron chi connectivity index (χ4n) is 5.79. The van der Waals surface area contributed by atoms with Gasteiger partial charge in [0.05, 0.1) is 129 Å². The second-order valence-electron chi connectivity index (χ2n) is 23.0. The molecule has 88 heavy (non-hydrogen) atoms. The quantitative estimate of drug-likeness (QED) is 0.0425. The molecule has 0 aliphatic rings. The Morgan fingerprint density at radius 2 is 0.648 bits per heavy atom. The maximum absolute atomic E-state index is 12.1. The van der Waals surface area contributed by atoms with Crippen LogP contribution in [0.3, 0.4) is 0 Å². The number of carbonyl (C=O) groups is 6. The molecule has 0 aromatic carbocycles. The van der Waals surface area contributed by atoms with Crippen molar-refractivity contribution in [1.29, 1.82) is 0 Å². The number of carbonyl (C=O) groups excluding carboxylic acids is 5. The van der Waals surface area contributed by atoms with E-state index in [1.165, 1.54) is 6.92 Å². The maximum Gasteiger partial charge on any atom is 0.407 e. The number of sulfone groups is 2. The van der Waals surface area contributed by atoms with Crippen molar-refractivity contribution < 1.29 is 117 Å². The van der Waals surface area contributed by atoms with E-state index in [-0.39, 0.29) is 121 Å². The summed E-state index contributed by atoms with van der Waals surface area (Å²) in [6, 6.07) is 0. The summed E-state index contributed by atoms with van der Waals surface area (Å²) in [5.74, 6) is 0.871. The van der Waals surface area contributed by atoms with Crippen LogP contribution < -0.4 is 21.3 Å². The monoisotopic (exact) mass is 1350 g/mol. The molecule has 33 heteroatoms. The molecule has 29 nitrogen and oxygen atoms in total. The maximum atomic E-state index is 12.1. The van der Waals surface area contributed by atoms with Crippen molar-refractivity contribution in [3.05, 3.63) is 0 Å². The number of alkyl carbamates (subject to hydrolysis) is 4. The SMILES string of the molecule is CC(=O)COC(COCCOCCSCCNC(=O)OC(C)(C)C)COCCOCCSCCNC(=O)OC(C)(C)C.CC(C)(C)OC(=O)NCCS(=O)(=O)CCOCCOCC(COCCOCCS(=O)(=O)CCNC(=O)OC(C)(C)C)OCC(=O)O. The zero-order chi connectivity index (χ0) is 67.0. The van der Waals surface area contributed by atoms with Crippen molar-refractivity contribution in [3.63, 3.8) is 0 Å². The van der Waals surface area contributed by atoms with Gasteiger partial charge in [0, 0.05) is 49.2 Å². The first-order chi connectivity index (χ1) is 41.0. The van der Waals surface area contributed by atoms with Crippen LogP contribution in [0.2, 0.25) is 0 Å². The number of hydrogen-bond donors (Lipinski definition) is 5. The molecule has 0 aromatic heterocycles. The zero-order valence-electron chi connectivity index (χ0n) is 54.2. The van der Waals surface area contributed by atoms with Gasteiger partial charge < -0.3 is 92.7 Å². The summed E-state index contributed by atoms with van der Waals surface area (Å²) in [4.78, 5) is 68.5. The first-order valence-corrected chi connectivity index (χ1v) is 34.9. The van der Waals surface area contributed by atoms with Crippen LogP contribution in [0.1, 0.15) is 90.0 Å². The molecule has 520 valence electrons. The molecule has 0 saturated heterocycles. The fourth-order valence-corrected chi connectivity index (χ4v) is 9.14. The number of ether oxygens (including phenoxy) is 14. The number of carboxylic acids is 1. The van der Waals surface area contributed by atoms with E-state index in [2.05, 4.69) is 21.3 Å². The molecule has 0 fully saturated rings. The Bertz CT molecular complexity index is 1980. The van der Waals surface area contributed by atoms with Gasteiger partial charge >= 0.3 is 30.3 Å². The molecule has 0 heterocycles. The molecule has 4 amide bonds. The molecule has 0 bridgehead atoms. The summed E-state index contributed by atoms with van der Waals surface area (Å²) in [6.45, 7) is 26.5. The predicted octanol–water partition coefficient (Wildman–Crippen LogP) is 3.94. The van der Waals surface area contributed by atoms with E-state index in [1.807, 2.05) is 41.5 Å². The van der Waals surface area contributed by atoms with Crippen LogP contribution >= 0.6 is 23.5 Å². The average Bonchev–Trinajstić information content (AvgIpc) is 3.41. The highest BCUT2D eigenvalue weighted by molar-refractivity contribution is 7.99. The summed E-state index contributed by atoms with van der Waals surface area (Å²) in [5.41, 5.74) is -2.38. The highest BCUT2D eigenvalue weighted by Gasteiger charge is 2.21. The lowest BCUT2D eigenvalue weighted by Crippen LogP contribution is -2.35. The Morgan fingerprint density at radius 1 is 0.375 bits per heavy atom. The highest BCUT2D eigenvalue weighted by Crippen LogP contribution is 2.10. The van der Waals surface area contributed by atoms with E-state index in [0.29, 0.717) is 52.7 Å². The lowest BCUT2D eigenvalue weighted by Gasteiger charge is -2.19. The van der Waals surface area contributed by atoms with E-state index < -0.39 is 85.1 Å². The molecule has 0 saturated carbocycles. The lowest BCUT2D eigenvalue weighted by molar-refractivity contribution is -0.148. The highest BCUT2D eigenvalue weighted by atomic mass is 32.2. The van der Waals surface area contributed by atoms with Crippen LogP contribution in [0.5, 0.6) is 0 Å². The molecule has 0 radical (unpaired) electrons. The topological polar surface area (TPSA) is 368 Å². The van der Waals surface area contributed by atoms with Crippen molar-refractivity contribution in [3.8, 4) is 0 Å². The summed E-state index contributed by atoms with van der Waals surface area (Å²) >= 11 is 3.36. The van der Waals surface area contributed by atoms with Crippen LogP contribution in [0.4, 0.5) is 19.2 Å². The normalized spacial score (nSPS) is 12.3. The number of carboxylic acid groups (broad SMARTS) is 1. The van der Waals surface area contributed by atoms with Gasteiger partial charge in [0.1, 0.15) is 47.8 Å². The van der Waals surface area contributed by atoms with E-state index in [1.54, 1.807) is 65.1 Å². The summed E-state index contributed by atoms with van der Waals surface area (Å²) in [7, 11) is -6.93. The zero-order valence-corrected chi connectivity index (χ0v) is 57.5. The van der Waals surface area contributed by atoms with Gasteiger partial charge in [-0.3, -0.25) is 4.79 Å². The molecule has 0 aliphatic heterocycles. The van der Waals surface area contributed by atoms with Gasteiger partial charge in [-0.25, -0.2) is 40.8 Å². The van der Waals surface area contributed by atoms with Gasteiger partial charge in [0.2, 0.25) is 0 Å². The van der Waals surface area contributed by atoms with E-state index in [0.717, 1.165) is 23.0 Å². The Balaban J connectivity index is 0. The van der Waals surface area contributed by atoms with Crippen LogP contribution in [0.25, 0.3) is 0 Å². The summed E-state index contributed by atoms with van der Waals surface area (Å²) in [5, 5.41) is 19.1. The third-order valence-electron chi connectivity index (χ3n) is 9.48. The van der Waals surface area contributed by atoms with Crippen molar-refractivity contribution in [2.75, 3.05) is 191 Å². The minimum Gasteiger partial charge on any atom is -0.480 e. The van der Waals surface area contributed by atoms with Crippen LogP contribution in [-0.2, 0) is 95.6 Å². The average molecular weight is 1350 g/mol. The number of thioether (sulfide) groups is 2. The van der Waals surface area contributed by atoms with Crippen molar-refractivity contribution >= 4 is 79.3 Å². The lowest BCUT2D eigenvalue weighted by atomic mass is 10.2. The van der Waals surface area contributed by atoms with Gasteiger partial charge in [-0.1, -0.05) is 0 Å². The number of ketones is 1. The molecule has 0 aromatic rings. The van der Waals surface area contributed by atoms with Gasteiger partial charge in [0.15, 0.2) is 25.5 Å². The molecule has 0 rings (SSSR count). The molecular formula is C55H106N4O25S4. The van der Waals surface area contributed by atoms with Crippen LogP contribution in [0.15, 0.2) is 0 Å². The number of Topliss-reactive ketones (excluding diaryl/α,β-unsaturated/α-hetero) is 1. The van der Waals surface area contributed by atoms with Crippen molar-refractivity contribution in [2.24, 2.45) is 0 Å². The Morgan fingerprint density at radius 3 is 0.932 bits per heavy atom. The second kappa shape index (κ2) is 50.0. The fraction of sp³-hybridized carbons (Fsp3) is 0.891. The minimum atomic E-state index is -3.47. The Labute approximate surface area is 531 Å². The van der Waals surface area contributed by atoms with Crippen molar-refractivity contribution in [1.82, 2.24) is 21.3 Å². The molecule has 0 unspecified atom stereocenters. The summed E-state index contributed by atoms with van der Waals surface area (Å²) in [6.07, 6.45) is -3.31. The van der Waals surface area contributed by atoms with Crippen LogP contribution in [-0.4, -0.2) is 284 Å². The van der Waals surface area contributed by atoms with Gasteiger partial charge in [0.25, 0.3) is 0 Å². The van der Waals surface area contributed by atoms with Gasteiger partial charge in [-0.15, -0.1) is 0 Å². The number of hydrogen-bond acceptors (Lipinski definition) is 26. The molecule has 5 N–H and O–H groups in total. The van der Waals surface area contributed by atoms with Crippen LogP contribution in [0, 0.1) is 0 Å². The third kappa shape index (κ3) is 66.8. The largest absolute Gasteiger partial charge is 0.480 e. The molecular weight excluding hydrogens is 1240 g/mol. The number of nitrogens with one attached hydrogen (secondary N) is 4. The molecule has 0 spiro atoms. The first-order valence-electron chi connectivity index (χ1n) is 29.0. The standard InChI is InChI=1S/C28H54N2O10S2.C27H52N2O15S2/c1-23(31)20-38-24(21-36-12-10-34-14-18-41-16-8-29-25(32)39-27(2,3)4)22-37-13-11-35-15-19-42-17-9-30-26(33)40-28(5,6)7;1-26(2,3)43-24(32)28-7-15-45(34,35)17-13-38-9-11-40-19-22(42-21-23(30)31)20-41-12-10-39-14-18-46(36,37)16-8-29-25(33)44-27(4,5)6/h24H,8-22H2,1-7H3,(H,29,32)(H,30,33);22H,7-21H2,1-6H3,(H,28,32)(H,29,33)(H,30,31). The number of amides is 4. The third-order valence-corrected chi connectivity index (χ3v) is 14.6. The van der Waals surface area contributed by atoms with E-state index in [9.17, 15) is 45.6 Å². The predicted molar refractivity (Wildman–Crippen MR) is 333 cm³/mol. The van der Waals surface area contributed by atoms with E-state index >= 15 is 0 Å². The second-order valence-corrected chi connectivity index (χ2v) is 30.0.